The van der Waals surface area contributed by atoms with Crippen molar-refractivity contribution < 1.29 is 9.59 Å². The molecule has 0 saturated heterocycles. The second-order valence-electron chi connectivity index (χ2n) is 5.87. The van der Waals surface area contributed by atoms with Crippen LogP contribution in [0.3, 0.4) is 0 Å². The fourth-order valence-electron chi connectivity index (χ4n) is 2.89. The predicted octanol–water partition coefficient (Wildman–Crippen LogP) is 3.62. The summed E-state index contributed by atoms with van der Waals surface area (Å²) in [4.78, 5) is 25.2. The van der Waals surface area contributed by atoms with Crippen LogP contribution in [0, 0.1) is 5.92 Å². The number of benzene rings is 1. The van der Waals surface area contributed by atoms with E-state index in [1.54, 1.807) is 12.1 Å². The van der Waals surface area contributed by atoms with Gasteiger partial charge in [-0.2, -0.15) is 0 Å². The molecule has 3 rings (SSSR count). The first-order chi connectivity index (χ1) is 11.0. The molecule has 120 valence electrons. The number of anilines is 2. The van der Waals surface area contributed by atoms with Gasteiger partial charge < -0.3 is 11.1 Å². The van der Waals surface area contributed by atoms with Crippen LogP contribution in [-0.2, 0) is 12.8 Å². The molecule has 0 bridgehead atoms. The summed E-state index contributed by atoms with van der Waals surface area (Å²) < 4.78 is 0. The van der Waals surface area contributed by atoms with E-state index in [2.05, 4.69) is 17.6 Å². The first-order valence-corrected chi connectivity index (χ1v) is 8.43. The fourth-order valence-corrected chi connectivity index (χ4v) is 4.30. The number of amides is 3. The zero-order valence-electron chi connectivity index (χ0n) is 12.9. The van der Waals surface area contributed by atoms with Crippen LogP contribution in [0.2, 0.25) is 0 Å². The molecule has 4 N–H and O–H groups in total. The lowest BCUT2D eigenvalue weighted by Gasteiger charge is -2.18. The Morgan fingerprint density at radius 1 is 1.22 bits per heavy atom. The fraction of sp³-hybridized carbons (Fsp3) is 0.294. The van der Waals surface area contributed by atoms with Gasteiger partial charge in [-0.15, -0.1) is 11.3 Å². The highest BCUT2D eigenvalue weighted by Crippen LogP contribution is 2.39. The number of hydrogen-bond donors (Lipinski definition) is 3. The highest BCUT2D eigenvalue weighted by Gasteiger charge is 2.27. The number of fused-ring (bicyclic) bond motifs is 1. The van der Waals surface area contributed by atoms with Crippen LogP contribution < -0.4 is 16.4 Å². The van der Waals surface area contributed by atoms with Crippen LogP contribution in [0.5, 0.6) is 0 Å². The molecule has 0 spiro atoms. The van der Waals surface area contributed by atoms with Gasteiger partial charge in [0.25, 0.3) is 5.91 Å². The molecule has 0 radical (unpaired) electrons. The summed E-state index contributed by atoms with van der Waals surface area (Å²) in [6.07, 6.45) is 2.81. The van der Waals surface area contributed by atoms with Gasteiger partial charge in [-0.25, -0.2) is 4.79 Å². The number of carbonyl (C=O) groups excluding carboxylic acids is 2. The zero-order valence-corrected chi connectivity index (χ0v) is 13.7. The minimum absolute atomic E-state index is 0.370. The molecule has 23 heavy (non-hydrogen) atoms. The van der Waals surface area contributed by atoms with Crippen molar-refractivity contribution in [3.05, 3.63) is 46.3 Å². The molecule has 1 aliphatic rings. The standard InChI is InChI=1S/C17H19N3O2S/c1-10-7-8-12-13(9-10)23-16(14(12)15(18)21)20-17(22)19-11-5-3-2-4-6-11/h2-6,10H,7-9H2,1H3,(H2,18,21)(H2,19,20,22)/t10-/m1/s1. The van der Waals surface area contributed by atoms with Gasteiger partial charge >= 0.3 is 6.03 Å². The van der Waals surface area contributed by atoms with E-state index >= 15 is 0 Å². The van der Waals surface area contributed by atoms with Crippen LogP contribution in [0.4, 0.5) is 15.5 Å². The molecule has 0 unspecified atom stereocenters. The van der Waals surface area contributed by atoms with Crippen LogP contribution in [-0.4, -0.2) is 11.9 Å². The summed E-state index contributed by atoms with van der Waals surface area (Å²) in [5.41, 5.74) is 7.72. The number of nitrogens with two attached hydrogens (primary N) is 1. The van der Waals surface area contributed by atoms with E-state index in [0.717, 1.165) is 29.7 Å². The lowest BCUT2D eigenvalue weighted by molar-refractivity contribution is 0.100. The average molecular weight is 329 g/mol. The Bertz CT molecular complexity index is 740. The highest BCUT2D eigenvalue weighted by atomic mass is 32.1. The molecule has 2 aromatic rings. The summed E-state index contributed by atoms with van der Waals surface area (Å²) >= 11 is 1.46. The Hall–Kier alpha value is -2.34. The van der Waals surface area contributed by atoms with E-state index in [4.69, 9.17) is 5.73 Å². The van der Waals surface area contributed by atoms with Gasteiger partial charge in [-0.1, -0.05) is 25.1 Å². The van der Waals surface area contributed by atoms with E-state index < -0.39 is 5.91 Å². The lowest BCUT2D eigenvalue weighted by Crippen LogP contribution is -2.22. The molecule has 0 saturated carbocycles. The minimum Gasteiger partial charge on any atom is -0.365 e. The Kier molecular flexibility index (Phi) is 4.34. The van der Waals surface area contributed by atoms with Crippen molar-refractivity contribution in [2.45, 2.75) is 26.2 Å². The molecule has 3 amide bonds. The van der Waals surface area contributed by atoms with Gasteiger partial charge in [0.15, 0.2) is 0 Å². The van der Waals surface area contributed by atoms with Crippen molar-refractivity contribution in [2.24, 2.45) is 11.7 Å². The largest absolute Gasteiger partial charge is 0.365 e. The van der Waals surface area contributed by atoms with Crippen LogP contribution in [0.15, 0.2) is 30.3 Å². The molecule has 1 aromatic heterocycles. The van der Waals surface area contributed by atoms with Gasteiger partial charge in [-0.05, 0) is 42.9 Å². The molecule has 1 aromatic carbocycles. The second-order valence-corrected chi connectivity index (χ2v) is 6.97. The van der Waals surface area contributed by atoms with Gasteiger partial charge in [0.1, 0.15) is 5.00 Å². The molecular weight excluding hydrogens is 310 g/mol. The summed E-state index contributed by atoms with van der Waals surface area (Å²) in [6.45, 7) is 2.20. The first kappa shape index (κ1) is 15.6. The van der Waals surface area contributed by atoms with Crippen molar-refractivity contribution in [1.29, 1.82) is 0 Å². The lowest BCUT2D eigenvalue weighted by atomic mass is 9.88. The van der Waals surface area contributed by atoms with Crippen LogP contribution in [0.1, 0.15) is 34.1 Å². The Labute approximate surface area is 138 Å². The summed E-state index contributed by atoms with van der Waals surface area (Å²) in [5.74, 6) is 0.111. The predicted molar refractivity (Wildman–Crippen MR) is 93.1 cm³/mol. The second kappa shape index (κ2) is 6.42. The number of carbonyl (C=O) groups is 2. The molecule has 0 aliphatic heterocycles. The van der Waals surface area contributed by atoms with Crippen molar-refractivity contribution in [3.8, 4) is 0 Å². The number of thiophene rings is 1. The highest BCUT2D eigenvalue weighted by molar-refractivity contribution is 7.17. The number of hydrogen-bond acceptors (Lipinski definition) is 3. The number of primary amides is 1. The van der Waals surface area contributed by atoms with E-state index in [1.165, 1.54) is 11.3 Å². The number of urea groups is 1. The quantitative estimate of drug-likeness (QED) is 0.803. The third-order valence-corrected chi connectivity index (χ3v) is 5.19. The van der Waals surface area contributed by atoms with Gasteiger partial charge in [0.05, 0.1) is 5.56 Å². The normalized spacial score (nSPS) is 16.5. The molecule has 1 heterocycles. The van der Waals surface area contributed by atoms with Gasteiger partial charge in [0, 0.05) is 10.6 Å². The monoisotopic (exact) mass is 329 g/mol. The zero-order chi connectivity index (χ0) is 16.4. The third kappa shape index (κ3) is 3.37. The molecule has 5 nitrogen and oxygen atoms in total. The summed E-state index contributed by atoms with van der Waals surface area (Å²) in [5, 5.41) is 6.08. The van der Waals surface area contributed by atoms with Crippen molar-refractivity contribution in [1.82, 2.24) is 0 Å². The van der Waals surface area contributed by atoms with Gasteiger partial charge in [0.2, 0.25) is 0 Å². The third-order valence-electron chi connectivity index (χ3n) is 4.02. The molecule has 1 aliphatic carbocycles. The van der Waals surface area contributed by atoms with E-state index in [0.29, 0.717) is 22.2 Å². The van der Waals surface area contributed by atoms with E-state index in [-0.39, 0.29) is 6.03 Å². The van der Waals surface area contributed by atoms with Crippen molar-refractivity contribution >= 4 is 34.0 Å². The maximum Gasteiger partial charge on any atom is 0.324 e. The first-order valence-electron chi connectivity index (χ1n) is 7.62. The van der Waals surface area contributed by atoms with Crippen molar-refractivity contribution in [3.63, 3.8) is 0 Å². The molecule has 0 fully saturated rings. The van der Waals surface area contributed by atoms with Crippen LogP contribution in [0.25, 0.3) is 0 Å². The van der Waals surface area contributed by atoms with E-state index in [9.17, 15) is 9.59 Å². The average Bonchev–Trinajstić information content (AvgIpc) is 2.84. The maximum absolute atomic E-state index is 12.2. The molecular formula is C17H19N3O2S. The molecule has 6 heteroatoms. The molecule has 1 atom stereocenters. The van der Waals surface area contributed by atoms with Crippen LogP contribution >= 0.6 is 11.3 Å². The smallest absolute Gasteiger partial charge is 0.324 e. The van der Waals surface area contributed by atoms with Crippen molar-refractivity contribution in [2.75, 3.05) is 10.6 Å². The number of para-hydroxylation sites is 1. The topological polar surface area (TPSA) is 84.2 Å². The number of rotatable bonds is 3. The maximum atomic E-state index is 12.2. The summed E-state index contributed by atoms with van der Waals surface area (Å²) in [7, 11) is 0. The number of nitrogens with one attached hydrogen (secondary N) is 2. The minimum atomic E-state index is -0.480. The Balaban J connectivity index is 1.82. The SMILES string of the molecule is C[C@@H]1CCc2c(sc(NC(=O)Nc3ccccc3)c2C(N)=O)C1. The Morgan fingerprint density at radius 3 is 2.65 bits per heavy atom. The van der Waals surface area contributed by atoms with Gasteiger partial charge in [-0.3, -0.25) is 10.1 Å². The summed E-state index contributed by atoms with van der Waals surface area (Å²) in [6, 6.07) is 8.80. The Morgan fingerprint density at radius 2 is 1.96 bits per heavy atom. The van der Waals surface area contributed by atoms with E-state index in [1.807, 2.05) is 18.2 Å².